The average molecular weight is 689 g/mol. The number of carbonyl (C=O) groups is 2. The maximum absolute atomic E-state index is 12.5. The van der Waals surface area contributed by atoms with Crippen LogP contribution in [0, 0.1) is 0 Å². The van der Waals surface area contributed by atoms with Gasteiger partial charge in [0.15, 0.2) is 12.4 Å². The van der Waals surface area contributed by atoms with Crippen LogP contribution in [0.3, 0.4) is 0 Å². The van der Waals surface area contributed by atoms with Crippen LogP contribution in [0.25, 0.3) is 0 Å². The summed E-state index contributed by atoms with van der Waals surface area (Å²) in [6, 6.07) is 0. The Bertz CT molecular complexity index is 764. The molecule has 0 spiro atoms. The van der Waals surface area contributed by atoms with E-state index in [9.17, 15) is 30.0 Å². The molecule has 1 rings (SSSR count). The van der Waals surface area contributed by atoms with Gasteiger partial charge < -0.3 is 39.4 Å². The smallest absolute Gasteiger partial charge is 0.306 e. The number of ether oxygens (including phenoxy) is 4. The van der Waals surface area contributed by atoms with E-state index in [1.807, 2.05) is 0 Å². The van der Waals surface area contributed by atoms with Crippen molar-refractivity contribution in [1.82, 2.24) is 0 Å². The molecule has 4 N–H and O–H groups in total. The van der Waals surface area contributed by atoms with Gasteiger partial charge >= 0.3 is 11.9 Å². The van der Waals surface area contributed by atoms with Gasteiger partial charge in [-0.15, -0.1) is 0 Å². The molecule has 0 bridgehead atoms. The molecule has 0 aliphatic carbocycles. The Kier molecular flexibility index (Phi) is 28.4. The van der Waals surface area contributed by atoms with Crippen LogP contribution in [0.5, 0.6) is 0 Å². The maximum Gasteiger partial charge on any atom is 0.306 e. The predicted molar refractivity (Wildman–Crippen MR) is 187 cm³/mol. The fraction of sp³-hybridized carbons (Fsp3) is 0.947. The third-order valence-electron chi connectivity index (χ3n) is 9.30. The van der Waals surface area contributed by atoms with Gasteiger partial charge in [-0.05, 0) is 6.42 Å². The fourth-order valence-electron chi connectivity index (χ4n) is 6.11. The second kappa shape index (κ2) is 30.5. The summed E-state index contributed by atoms with van der Waals surface area (Å²) in [5, 5.41) is 39.4. The van der Waals surface area contributed by atoms with Crippen LogP contribution in [0.15, 0.2) is 0 Å². The van der Waals surface area contributed by atoms with Gasteiger partial charge in [-0.2, -0.15) is 0 Å². The molecule has 10 nitrogen and oxygen atoms in total. The highest BCUT2D eigenvalue weighted by Crippen LogP contribution is 2.22. The monoisotopic (exact) mass is 689 g/mol. The van der Waals surface area contributed by atoms with Crippen molar-refractivity contribution in [2.75, 3.05) is 19.8 Å². The molecular formula is C38H72O10. The highest BCUT2D eigenvalue weighted by Gasteiger charge is 2.44. The molecule has 0 radical (unpaired) electrons. The van der Waals surface area contributed by atoms with Crippen LogP contribution < -0.4 is 0 Å². The Morgan fingerprint density at radius 1 is 0.583 bits per heavy atom. The van der Waals surface area contributed by atoms with Crippen molar-refractivity contribution in [2.24, 2.45) is 0 Å². The zero-order valence-corrected chi connectivity index (χ0v) is 30.5. The van der Waals surface area contributed by atoms with Crippen LogP contribution in [0.4, 0.5) is 0 Å². The average Bonchev–Trinajstić information content (AvgIpc) is 3.09. The molecule has 0 aromatic rings. The highest BCUT2D eigenvalue weighted by molar-refractivity contribution is 5.70. The maximum atomic E-state index is 12.5. The molecule has 1 aliphatic rings. The lowest BCUT2D eigenvalue weighted by Gasteiger charge is -2.39. The lowest BCUT2D eigenvalue weighted by molar-refractivity contribution is -0.305. The van der Waals surface area contributed by atoms with Crippen molar-refractivity contribution in [3.63, 3.8) is 0 Å². The van der Waals surface area contributed by atoms with Crippen molar-refractivity contribution in [1.29, 1.82) is 0 Å². The van der Waals surface area contributed by atoms with E-state index in [-0.39, 0.29) is 26.1 Å². The molecule has 1 heterocycles. The second-order valence-electron chi connectivity index (χ2n) is 13.7. The molecule has 6 atom stereocenters. The summed E-state index contributed by atoms with van der Waals surface area (Å²) >= 11 is 0. The minimum absolute atomic E-state index is 0.160. The molecule has 6 unspecified atom stereocenters. The first-order valence-electron chi connectivity index (χ1n) is 19.6. The standard InChI is InChI=1S/C38H72O10/c1-3-5-6-7-8-9-10-11-12-13-14-15-16-17-18-19-20-21-22-23-24-25-26-27-34(41)47-31(29-45-33(40)4-2)30-46-38-37(44)36(43)35(42)32(28-39)48-38/h31-32,35-39,42-44H,3-30H2,1-2H3. The summed E-state index contributed by atoms with van der Waals surface area (Å²) in [6.07, 6.45) is 22.4. The topological polar surface area (TPSA) is 152 Å². The molecule has 0 aromatic heterocycles. The van der Waals surface area contributed by atoms with Gasteiger partial charge in [0, 0.05) is 12.8 Å². The molecule has 10 heteroatoms. The van der Waals surface area contributed by atoms with Gasteiger partial charge in [-0.25, -0.2) is 0 Å². The van der Waals surface area contributed by atoms with Gasteiger partial charge in [0.1, 0.15) is 31.0 Å². The molecule has 0 saturated carbocycles. The van der Waals surface area contributed by atoms with Crippen LogP contribution in [0.2, 0.25) is 0 Å². The van der Waals surface area contributed by atoms with Crippen molar-refractivity contribution >= 4 is 11.9 Å². The molecule has 0 amide bonds. The van der Waals surface area contributed by atoms with E-state index in [4.69, 9.17) is 18.9 Å². The molecular weight excluding hydrogens is 616 g/mol. The minimum atomic E-state index is -1.58. The van der Waals surface area contributed by atoms with Crippen molar-refractivity contribution in [2.45, 2.75) is 211 Å². The molecule has 1 saturated heterocycles. The van der Waals surface area contributed by atoms with E-state index in [0.717, 1.165) is 19.3 Å². The van der Waals surface area contributed by atoms with Gasteiger partial charge in [0.2, 0.25) is 0 Å². The lowest BCUT2D eigenvalue weighted by atomic mass is 9.99. The zero-order chi connectivity index (χ0) is 35.2. The SMILES string of the molecule is CCCCCCCCCCCCCCCCCCCCCCCCCC(=O)OC(COC(=O)CC)COC1OC(CO)C(O)C(O)C1O. The number of unbranched alkanes of at least 4 members (excludes halogenated alkanes) is 22. The normalized spacial score (nSPS) is 21.7. The Hall–Kier alpha value is -1.30. The summed E-state index contributed by atoms with van der Waals surface area (Å²) < 4.78 is 21.5. The largest absolute Gasteiger partial charge is 0.462 e. The van der Waals surface area contributed by atoms with Crippen LogP contribution in [-0.4, -0.2) is 89.0 Å². The number of aliphatic hydroxyl groups is 4. The number of carbonyl (C=O) groups excluding carboxylic acids is 2. The second-order valence-corrected chi connectivity index (χ2v) is 13.7. The zero-order valence-electron chi connectivity index (χ0n) is 30.5. The lowest BCUT2D eigenvalue weighted by Crippen LogP contribution is -2.59. The summed E-state index contributed by atoms with van der Waals surface area (Å²) in [5.41, 5.74) is 0. The molecule has 1 fully saturated rings. The third-order valence-corrected chi connectivity index (χ3v) is 9.30. The van der Waals surface area contributed by atoms with Gasteiger partial charge in [0.05, 0.1) is 13.2 Å². The highest BCUT2D eigenvalue weighted by atomic mass is 16.7. The Morgan fingerprint density at radius 3 is 1.44 bits per heavy atom. The number of hydrogen-bond donors (Lipinski definition) is 4. The van der Waals surface area contributed by atoms with Crippen LogP contribution >= 0.6 is 0 Å². The van der Waals surface area contributed by atoms with E-state index in [0.29, 0.717) is 6.42 Å². The first-order valence-corrected chi connectivity index (χ1v) is 19.6. The summed E-state index contributed by atoms with van der Waals surface area (Å²) in [5.74, 6) is -0.896. The number of hydrogen-bond acceptors (Lipinski definition) is 10. The van der Waals surface area contributed by atoms with Crippen molar-refractivity contribution in [3.05, 3.63) is 0 Å². The first-order chi connectivity index (χ1) is 23.3. The van der Waals surface area contributed by atoms with Gasteiger partial charge in [-0.3, -0.25) is 9.59 Å². The quantitative estimate of drug-likeness (QED) is 0.0427. The number of esters is 2. The van der Waals surface area contributed by atoms with E-state index in [1.54, 1.807) is 6.92 Å². The van der Waals surface area contributed by atoms with E-state index < -0.39 is 55.4 Å². The Labute approximate surface area is 291 Å². The van der Waals surface area contributed by atoms with Crippen molar-refractivity contribution in [3.8, 4) is 0 Å². The van der Waals surface area contributed by atoms with Crippen LogP contribution in [-0.2, 0) is 28.5 Å². The van der Waals surface area contributed by atoms with Gasteiger partial charge in [0.25, 0.3) is 0 Å². The Morgan fingerprint density at radius 2 is 1.02 bits per heavy atom. The minimum Gasteiger partial charge on any atom is -0.462 e. The van der Waals surface area contributed by atoms with Crippen molar-refractivity contribution < 1.29 is 49.0 Å². The Balaban J connectivity index is 2.04. The fourth-order valence-corrected chi connectivity index (χ4v) is 6.11. The first kappa shape index (κ1) is 44.7. The molecule has 1 aliphatic heterocycles. The van der Waals surface area contributed by atoms with E-state index in [2.05, 4.69) is 6.92 Å². The molecule has 0 aromatic carbocycles. The van der Waals surface area contributed by atoms with E-state index in [1.165, 1.54) is 122 Å². The number of rotatable bonds is 32. The van der Waals surface area contributed by atoms with Gasteiger partial charge in [-0.1, -0.05) is 155 Å². The predicted octanol–water partition coefficient (Wildman–Crippen LogP) is 7.05. The summed E-state index contributed by atoms with van der Waals surface area (Å²) in [6.45, 7) is 2.84. The summed E-state index contributed by atoms with van der Waals surface area (Å²) in [4.78, 5) is 24.1. The molecule has 48 heavy (non-hydrogen) atoms. The molecule has 284 valence electrons. The third kappa shape index (κ3) is 22.4. The number of aliphatic hydroxyl groups excluding tert-OH is 4. The van der Waals surface area contributed by atoms with Crippen LogP contribution in [0.1, 0.15) is 174 Å². The van der Waals surface area contributed by atoms with E-state index >= 15 is 0 Å². The summed E-state index contributed by atoms with van der Waals surface area (Å²) in [7, 11) is 0.